The van der Waals surface area contributed by atoms with Crippen LogP contribution in [0, 0.1) is 11.3 Å². The first kappa shape index (κ1) is 3.23. The van der Waals surface area contributed by atoms with E-state index in [9.17, 15) is 0 Å². The fraction of sp³-hybridized carbons (Fsp3) is 0.400. The Morgan fingerprint density at radius 1 is 1.86 bits per heavy atom. The van der Waals surface area contributed by atoms with Gasteiger partial charge in [0, 0.05) is 0 Å². The van der Waals surface area contributed by atoms with Crippen molar-refractivity contribution in [2.75, 3.05) is 0 Å². The molecule has 0 spiro atoms. The summed E-state index contributed by atoms with van der Waals surface area (Å²) in [6.07, 6.45) is 3.90. The largest absolute Gasteiger partial charge is 0.285 e. The SMILES string of the molecule is N#CC12C=CC1N2. The van der Waals surface area contributed by atoms with Gasteiger partial charge in [0.2, 0.25) is 0 Å². The standard InChI is InChI=1S/C5H4N2/c6-3-5-2-1-4(5)7-5/h1-2,4,7H. The molecule has 34 valence electrons. The number of nitrogens with one attached hydrogen (secondary N) is 1. The van der Waals surface area contributed by atoms with Crippen LogP contribution in [0.15, 0.2) is 12.2 Å². The Bertz CT molecular complexity index is 177. The molecule has 7 heavy (non-hydrogen) atoms. The van der Waals surface area contributed by atoms with Gasteiger partial charge in [-0.25, -0.2) is 0 Å². The zero-order chi connectivity index (χ0) is 4.91. The van der Waals surface area contributed by atoms with Crippen LogP contribution < -0.4 is 5.32 Å². The van der Waals surface area contributed by atoms with E-state index in [0.717, 1.165) is 0 Å². The molecule has 1 saturated heterocycles. The first-order valence-electron chi connectivity index (χ1n) is 2.26. The number of fused-ring (bicyclic) bond motifs is 1. The van der Waals surface area contributed by atoms with Crippen LogP contribution in [0.1, 0.15) is 0 Å². The molecule has 0 aromatic carbocycles. The van der Waals surface area contributed by atoms with Crippen molar-refractivity contribution in [3.8, 4) is 6.07 Å². The zero-order valence-corrected chi connectivity index (χ0v) is 3.68. The molecule has 1 fully saturated rings. The molecule has 0 aromatic rings. The predicted molar refractivity (Wildman–Crippen MR) is 24.4 cm³/mol. The van der Waals surface area contributed by atoms with Gasteiger partial charge in [0.25, 0.3) is 0 Å². The zero-order valence-electron chi connectivity index (χ0n) is 3.68. The molecule has 0 aromatic heterocycles. The molecule has 0 bridgehead atoms. The van der Waals surface area contributed by atoms with Crippen LogP contribution in [-0.4, -0.2) is 11.6 Å². The van der Waals surface area contributed by atoms with Crippen LogP contribution in [0.3, 0.4) is 0 Å². The number of nitriles is 1. The van der Waals surface area contributed by atoms with E-state index in [1.54, 1.807) is 0 Å². The van der Waals surface area contributed by atoms with Gasteiger partial charge in [-0.05, 0) is 0 Å². The molecule has 2 heteroatoms. The molecule has 1 N–H and O–H groups in total. The first-order chi connectivity index (χ1) is 3.37. The summed E-state index contributed by atoms with van der Waals surface area (Å²) in [5, 5.41) is 11.3. The van der Waals surface area contributed by atoms with E-state index < -0.39 is 0 Å². The summed E-state index contributed by atoms with van der Waals surface area (Å²) in [5.74, 6) is 0. The van der Waals surface area contributed by atoms with Crippen molar-refractivity contribution in [2.45, 2.75) is 11.6 Å². The Morgan fingerprint density at radius 2 is 2.71 bits per heavy atom. The molecular formula is C5H4N2. The Kier molecular flexibility index (Phi) is 0.283. The van der Waals surface area contributed by atoms with E-state index in [-0.39, 0.29) is 5.54 Å². The Morgan fingerprint density at radius 3 is 2.71 bits per heavy atom. The second kappa shape index (κ2) is 0.613. The molecule has 0 saturated carbocycles. The molecule has 1 aliphatic carbocycles. The summed E-state index contributed by atoms with van der Waals surface area (Å²) in [4.78, 5) is 0. The lowest BCUT2D eigenvalue weighted by Crippen LogP contribution is -2.15. The van der Waals surface area contributed by atoms with Gasteiger partial charge in [0.05, 0.1) is 12.1 Å². The summed E-state index contributed by atoms with van der Waals surface area (Å²) in [7, 11) is 0. The molecule has 2 rings (SSSR count). The third kappa shape index (κ3) is 0.179. The highest BCUT2D eigenvalue weighted by Crippen LogP contribution is 2.36. The van der Waals surface area contributed by atoms with Crippen molar-refractivity contribution in [1.29, 1.82) is 5.26 Å². The third-order valence-electron chi connectivity index (χ3n) is 1.54. The Balaban J connectivity index is 2.40. The van der Waals surface area contributed by atoms with Crippen LogP contribution in [0.25, 0.3) is 0 Å². The first-order valence-corrected chi connectivity index (χ1v) is 2.26. The van der Waals surface area contributed by atoms with Gasteiger partial charge >= 0.3 is 0 Å². The van der Waals surface area contributed by atoms with Crippen molar-refractivity contribution < 1.29 is 0 Å². The van der Waals surface area contributed by atoms with E-state index in [0.29, 0.717) is 6.04 Å². The average Bonchev–Trinajstić information content (AvgIpc) is 2.12. The van der Waals surface area contributed by atoms with Gasteiger partial charge in [-0.1, -0.05) is 12.2 Å². The van der Waals surface area contributed by atoms with Crippen LogP contribution in [0.2, 0.25) is 0 Å². The van der Waals surface area contributed by atoms with E-state index >= 15 is 0 Å². The van der Waals surface area contributed by atoms with Crippen LogP contribution in [0.4, 0.5) is 0 Å². The molecule has 1 aliphatic heterocycles. The maximum Gasteiger partial charge on any atom is 0.145 e. The average molecular weight is 92.1 g/mol. The molecule has 0 amide bonds. The summed E-state index contributed by atoms with van der Waals surface area (Å²) in [6, 6.07) is 2.55. The summed E-state index contributed by atoms with van der Waals surface area (Å²) < 4.78 is 0. The quantitative estimate of drug-likeness (QED) is 0.332. The number of nitrogens with zero attached hydrogens (tertiary/aromatic N) is 1. The predicted octanol–water partition coefficient (Wildman–Crippen LogP) is -0.210. The van der Waals surface area contributed by atoms with Crippen LogP contribution in [-0.2, 0) is 0 Å². The molecule has 2 atom stereocenters. The van der Waals surface area contributed by atoms with Gasteiger partial charge in [-0.15, -0.1) is 0 Å². The second-order valence-corrected chi connectivity index (χ2v) is 1.96. The molecule has 2 aliphatic rings. The maximum atomic E-state index is 8.32. The molecule has 0 radical (unpaired) electrons. The summed E-state index contributed by atoms with van der Waals surface area (Å²) in [6.45, 7) is 0. The van der Waals surface area contributed by atoms with Crippen molar-refractivity contribution in [2.24, 2.45) is 0 Å². The van der Waals surface area contributed by atoms with Crippen LogP contribution in [0.5, 0.6) is 0 Å². The van der Waals surface area contributed by atoms with E-state index in [1.165, 1.54) is 0 Å². The van der Waals surface area contributed by atoms with Crippen LogP contribution >= 0.6 is 0 Å². The van der Waals surface area contributed by atoms with Gasteiger partial charge in [0.15, 0.2) is 0 Å². The van der Waals surface area contributed by atoms with E-state index in [4.69, 9.17) is 5.26 Å². The number of hydrogen-bond acceptors (Lipinski definition) is 2. The smallest absolute Gasteiger partial charge is 0.145 e. The second-order valence-electron chi connectivity index (χ2n) is 1.96. The van der Waals surface area contributed by atoms with Crippen molar-refractivity contribution >= 4 is 0 Å². The fourth-order valence-corrected chi connectivity index (χ4v) is 0.836. The highest BCUT2D eigenvalue weighted by molar-refractivity contribution is 5.49. The van der Waals surface area contributed by atoms with Gasteiger partial charge in [0.1, 0.15) is 5.54 Å². The van der Waals surface area contributed by atoms with Crippen molar-refractivity contribution in [3.63, 3.8) is 0 Å². The third-order valence-corrected chi connectivity index (χ3v) is 1.54. The highest BCUT2D eigenvalue weighted by Gasteiger charge is 2.57. The normalized spacial score (nSPS) is 51.6. The van der Waals surface area contributed by atoms with E-state index in [1.807, 2.05) is 12.2 Å². The minimum Gasteiger partial charge on any atom is -0.285 e. The molecule has 2 unspecified atom stereocenters. The Labute approximate surface area is 41.4 Å². The minimum absolute atomic E-state index is 0.194. The van der Waals surface area contributed by atoms with Crippen molar-refractivity contribution in [1.82, 2.24) is 5.32 Å². The monoisotopic (exact) mass is 92.0 g/mol. The minimum atomic E-state index is -0.194. The highest BCUT2D eigenvalue weighted by atomic mass is 15.2. The fourth-order valence-electron chi connectivity index (χ4n) is 0.836. The van der Waals surface area contributed by atoms with E-state index in [2.05, 4.69) is 11.4 Å². The van der Waals surface area contributed by atoms with Gasteiger partial charge in [-0.3, -0.25) is 5.32 Å². The van der Waals surface area contributed by atoms with Gasteiger partial charge < -0.3 is 0 Å². The number of hydrogen-bond donors (Lipinski definition) is 1. The van der Waals surface area contributed by atoms with Gasteiger partial charge in [-0.2, -0.15) is 5.26 Å². The lowest BCUT2D eigenvalue weighted by atomic mass is 9.97. The summed E-state index contributed by atoms with van der Waals surface area (Å²) in [5.41, 5.74) is -0.194. The molecule has 2 nitrogen and oxygen atoms in total. The lowest BCUT2D eigenvalue weighted by Gasteiger charge is -2.00. The number of rotatable bonds is 0. The lowest BCUT2D eigenvalue weighted by molar-refractivity contribution is 0.940. The topological polar surface area (TPSA) is 45.7 Å². The summed E-state index contributed by atoms with van der Waals surface area (Å²) >= 11 is 0. The van der Waals surface area contributed by atoms with Crippen molar-refractivity contribution in [3.05, 3.63) is 12.2 Å². The Hall–Kier alpha value is -0.810. The molecular weight excluding hydrogens is 88.1 g/mol. The molecule has 1 heterocycles. The maximum absolute atomic E-state index is 8.32.